The van der Waals surface area contributed by atoms with E-state index in [1.54, 1.807) is 21.7 Å². The lowest BCUT2D eigenvalue weighted by molar-refractivity contribution is 0.687. The average Bonchev–Trinajstić information content (AvgIpc) is 2.80. The molecular formula is C17H18P-. The molecule has 0 radical (unpaired) electrons. The topological polar surface area (TPSA) is 0 Å². The molecule has 0 aliphatic heterocycles. The zero-order chi connectivity index (χ0) is 12.4. The van der Waals surface area contributed by atoms with Crippen LogP contribution in [0.3, 0.4) is 0 Å². The van der Waals surface area contributed by atoms with Crippen molar-refractivity contribution < 1.29 is 0 Å². The third-order valence-electron chi connectivity index (χ3n) is 3.73. The van der Waals surface area contributed by atoms with Crippen LogP contribution in [0.2, 0.25) is 0 Å². The first-order valence-corrected chi connectivity index (χ1v) is 7.63. The molecule has 0 N–H and O–H groups in total. The molecule has 92 valence electrons. The lowest BCUT2D eigenvalue weighted by Crippen LogP contribution is -2.02. The summed E-state index contributed by atoms with van der Waals surface area (Å²) in [6, 6.07) is 10.9. The summed E-state index contributed by atoms with van der Waals surface area (Å²) in [4.78, 5) is 0. The predicted octanol–water partition coefficient (Wildman–Crippen LogP) is 5.26. The molecular weight excluding hydrogens is 235 g/mol. The second-order valence-corrected chi connectivity index (χ2v) is 6.14. The zero-order valence-electron chi connectivity index (χ0n) is 10.7. The Morgan fingerprint density at radius 2 is 1.78 bits per heavy atom. The highest BCUT2D eigenvalue weighted by molar-refractivity contribution is 7.35. The molecule has 1 heteroatoms. The predicted molar refractivity (Wildman–Crippen MR) is 80.5 cm³/mol. The molecule has 0 atom stereocenters. The van der Waals surface area contributed by atoms with Crippen LogP contribution in [0.15, 0.2) is 43.0 Å². The number of hydrogen-bond acceptors (Lipinski definition) is 0. The molecule has 0 nitrogen and oxygen atoms in total. The third-order valence-corrected chi connectivity index (χ3v) is 5.21. The van der Waals surface area contributed by atoms with Gasteiger partial charge < -0.3 is 8.19 Å². The van der Waals surface area contributed by atoms with Gasteiger partial charge in [-0.25, -0.2) is 0 Å². The van der Waals surface area contributed by atoms with Gasteiger partial charge in [0.15, 0.2) is 0 Å². The molecule has 18 heavy (non-hydrogen) atoms. The van der Waals surface area contributed by atoms with Crippen molar-refractivity contribution in [2.75, 3.05) is 0 Å². The van der Waals surface area contributed by atoms with Crippen LogP contribution < -0.4 is 0 Å². The van der Waals surface area contributed by atoms with E-state index in [4.69, 9.17) is 0 Å². The van der Waals surface area contributed by atoms with E-state index < -0.39 is 0 Å². The first-order valence-electron chi connectivity index (χ1n) is 6.74. The van der Waals surface area contributed by atoms with Crippen molar-refractivity contribution in [1.29, 1.82) is 0 Å². The van der Waals surface area contributed by atoms with E-state index >= 15 is 0 Å². The Hall–Kier alpha value is -1.26. The van der Waals surface area contributed by atoms with Crippen LogP contribution in [-0.2, 0) is 19.3 Å². The summed E-state index contributed by atoms with van der Waals surface area (Å²) < 4.78 is 0. The monoisotopic (exact) mass is 253 g/mol. The van der Waals surface area contributed by atoms with Gasteiger partial charge in [0.1, 0.15) is 0 Å². The van der Waals surface area contributed by atoms with E-state index in [9.17, 15) is 0 Å². The van der Waals surface area contributed by atoms with Crippen LogP contribution >= 0.6 is 8.19 Å². The minimum absolute atomic E-state index is 1.05. The maximum Gasteiger partial charge on any atom is -0.0297 e. The van der Waals surface area contributed by atoms with Gasteiger partial charge in [0.2, 0.25) is 0 Å². The van der Waals surface area contributed by atoms with E-state index in [2.05, 4.69) is 43.0 Å². The van der Waals surface area contributed by atoms with Gasteiger partial charge in [0, 0.05) is 0 Å². The molecule has 0 spiro atoms. The van der Waals surface area contributed by atoms with Gasteiger partial charge in [0.05, 0.1) is 0 Å². The Balaban J connectivity index is 2.12. The van der Waals surface area contributed by atoms with Crippen LogP contribution in [0.1, 0.15) is 29.3 Å². The molecule has 1 aliphatic rings. The van der Waals surface area contributed by atoms with Crippen LogP contribution in [-0.4, -0.2) is 0 Å². The maximum atomic E-state index is 3.90. The number of allylic oxidation sites excluding steroid dienone is 1. The van der Waals surface area contributed by atoms with Crippen molar-refractivity contribution in [3.8, 4) is 10.9 Å². The zero-order valence-corrected chi connectivity index (χ0v) is 11.5. The van der Waals surface area contributed by atoms with Crippen LogP contribution in [0.4, 0.5) is 0 Å². The number of rotatable bonds is 3. The molecule has 1 heterocycles. The highest BCUT2D eigenvalue weighted by Crippen LogP contribution is 2.44. The fraction of sp³-hybridized carbons (Fsp3) is 0.294. The van der Waals surface area contributed by atoms with E-state index in [0.29, 0.717) is 0 Å². The summed E-state index contributed by atoms with van der Waals surface area (Å²) >= 11 is 0. The lowest BCUT2D eigenvalue weighted by atomic mass is 9.90. The molecule has 1 aromatic heterocycles. The van der Waals surface area contributed by atoms with E-state index in [1.807, 2.05) is 0 Å². The van der Waals surface area contributed by atoms with E-state index in [1.165, 1.54) is 39.4 Å². The smallest absolute Gasteiger partial charge is 0.0297 e. The van der Waals surface area contributed by atoms with Crippen LogP contribution in [0.25, 0.3) is 10.9 Å². The van der Waals surface area contributed by atoms with E-state index in [-0.39, 0.29) is 0 Å². The maximum absolute atomic E-state index is 3.90. The summed E-state index contributed by atoms with van der Waals surface area (Å²) in [6.45, 7) is 3.90. The van der Waals surface area contributed by atoms with Crippen LogP contribution in [0.5, 0.6) is 0 Å². The summed E-state index contributed by atoms with van der Waals surface area (Å²) in [6.07, 6.45) is 8.37. The largest absolute Gasteiger partial charge is 0.518 e. The van der Waals surface area contributed by atoms with Gasteiger partial charge in [-0.15, -0.1) is 6.58 Å². The van der Waals surface area contributed by atoms with Gasteiger partial charge in [-0.3, -0.25) is 0 Å². The van der Waals surface area contributed by atoms with Gasteiger partial charge in [-0.05, 0) is 37.7 Å². The van der Waals surface area contributed by atoms with Crippen molar-refractivity contribution >= 4 is 8.19 Å². The quantitative estimate of drug-likeness (QED) is 0.654. The highest BCUT2D eigenvalue weighted by atomic mass is 31.0. The molecule has 0 amide bonds. The summed E-state index contributed by atoms with van der Waals surface area (Å²) in [5.74, 6) is 0. The number of benzene rings is 1. The minimum atomic E-state index is 1.05. The first-order chi connectivity index (χ1) is 8.90. The molecule has 0 saturated carbocycles. The third kappa shape index (κ3) is 2.06. The van der Waals surface area contributed by atoms with Gasteiger partial charge >= 0.3 is 0 Å². The number of fused-ring (bicyclic) bond motifs is 1. The highest BCUT2D eigenvalue weighted by Gasteiger charge is 2.12. The molecule has 0 fully saturated rings. The molecule has 3 rings (SSSR count). The van der Waals surface area contributed by atoms with Gasteiger partial charge in [0.25, 0.3) is 0 Å². The summed E-state index contributed by atoms with van der Waals surface area (Å²) in [5.41, 5.74) is 4.71. The van der Waals surface area contributed by atoms with Crippen LogP contribution in [0, 0.1) is 0 Å². The fourth-order valence-electron chi connectivity index (χ4n) is 2.90. The van der Waals surface area contributed by atoms with Gasteiger partial charge in [-0.1, -0.05) is 47.5 Å². The molecule has 0 bridgehead atoms. The standard InChI is InChI=1S/C17H18P/c1-2-8-16-14-11-6-7-12-15(14)17(18-16)13-9-4-3-5-10-13/h2-5,9-10H,1,6-8,11-12H2/q-1. The van der Waals surface area contributed by atoms with Crippen molar-refractivity contribution in [2.24, 2.45) is 0 Å². The molecule has 1 aromatic carbocycles. The Kier molecular flexibility index (Phi) is 3.39. The molecule has 1 aliphatic carbocycles. The molecule has 0 unspecified atom stereocenters. The fourth-order valence-corrected chi connectivity index (χ4v) is 4.43. The SMILES string of the molecule is C=CCc1[p-]c(-c2ccccc2)c2c1CCCC2. The average molecular weight is 253 g/mol. The summed E-state index contributed by atoms with van der Waals surface area (Å²) in [5, 5.41) is 3.15. The second-order valence-electron chi connectivity index (χ2n) is 4.93. The van der Waals surface area contributed by atoms with Crippen molar-refractivity contribution in [3.05, 3.63) is 59.4 Å². The number of hydrogen-bond donors (Lipinski definition) is 0. The first kappa shape index (κ1) is 11.8. The van der Waals surface area contributed by atoms with Crippen molar-refractivity contribution in [3.63, 3.8) is 0 Å². The van der Waals surface area contributed by atoms with Crippen molar-refractivity contribution in [2.45, 2.75) is 32.1 Å². The normalized spacial score (nSPS) is 14.7. The molecule has 2 aromatic rings. The van der Waals surface area contributed by atoms with Crippen molar-refractivity contribution in [1.82, 2.24) is 0 Å². The Morgan fingerprint density at radius 1 is 1.06 bits per heavy atom. The lowest BCUT2D eigenvalue weighted by Gasteiger charge is -2.18. The Labute approximate surface area is 111 Å². The molecule has 0 saturated heterocycles. The Bertz CT molecular complexity index is 548. The minimum Gasteiger partial charge on any atom is -0.518 e. The van der Waals surface area contributed by atoms with E-state index in [0.717, 1.165) is 6.42 Å². The second kappa shape index (κ2) is 5.16. The van der Waals surface area contributed by atoms with Gasteiger partial charge in [-0.2, -0.15) is 10.6 Å². The summed E-state index contributed by atoms with van der Waals surface area (Å²) in [7, 11) is 1.43. The Morgan fingerprint density at radius 3 is 2.50 bits per heavy atom.